The molecule has 0 spiro atoms. The third-order valence-corrected chi connectivity index (χ3v) is 4.67. The average Bonchev–Trinajstić information content (AvgIpc) is 2.76. The van der Waals surface area contributed by atoms with Crippen LogP contribution in [0.1, 0.15) is 75.6 Å². The predicted molar refractivity (Wildman–Crippen MR) is 123 cm³/mol. The van der Waals surface area contributed by atoms with Crippen molar-refractivity contribution in [3.05, 3.63) is 42.5 Å². The summed E-state index contributed by atoms with van der Waals surface area (Å²) >= 11 is 0. The monoisotopic (exact) mass is 415 g/mol. The first-order chi connectivity index (χ1) is 14.6. The number of ether oxygens (including phenoxy) is 1. The van der Waals surface area contributed by atoms with Crippen LogP contribution in [-0.2, 0) is 4.74 Å². The van der Waals surface area contributed by atoms with Crippen molar-refractivity contribution < 1.29 is 14.3 Å². The van der Waals surface area contributed by atoms with Crippen molar-refractivity contribution >= 4 is 24.0 Å². The number of rotatable bonds is 14. The van der Waals surface area contributed by atoms with Crippen LogP contribution in [0.4, 0.5) is 10.5 Å². The van der Waals surface area contributed by atoms with Gasteiger partial charge in [-0.05, 0) is 37.1 Å². The van der Waals surface area contributed by atoms with Crippen molar-refractivity contribution in [2.75, 3.05) is 19.7 Å². The molecule has 0 aliphatic carbocycles. The Bertz CT molecular complexity index is 644. The number of carbonyl (C=O) groups is 2. The van der Waals surface area contributed by atoms with Gasteiger partial charge in [-0.25, -0.2) is 9.79 Å². The van der Waals surface area contributed by atoms with Crippen LogP contribution in [0.15, 0.2) is 41.9 Å². The van der Waals surface area contributed by atoms with Gasteiger partial charge in [0.05, 0.1) is 5.69 Å². The van der Waals surface area contributed by atoms with Crippen molar-refractivity contribution in [1.82, 2.24) is 10.2 Å². The van der Waals surface area contributed by atoms with Crippen LogP contribution < -0.4 is 5.32 Å². The molecule has 0 aromatic heterocycles. The van der Waals surface area contributed by atoms with Crippen molar-refractivity contribution in [2.45, 2.75) is 65.2 Å². The van der Waals surface area contributed by atoms with Gasteiger partial charge in [0, 0.05) is 18.7 Å². The molecule has 1 N–H and O–H groups in total. The number of unbranched alkanes of at least 4 members (excludes halogenated alkanes) is 6. The van der Waals surface area contributed by atoms with E-state index in [-0.39, 0.29) is 6.61 Å². The molecule has 1 aromatic rings. The van der Waals surface area contributed by atoms with Gasteiger partial charge in [-0.2, -0.15) is 0 Å². The molecule has 0 bridgehead atoms. The molecule has 0 aliphatic rings. The third kappa shape index (κ3) is 10.8. The number of nitrogens with one attached hydrogen (secondary N) is 1. The zero-order valence-corrected chi connectivity index (χ0v) is 18.6. The fourth-order valence-electron chi connectivity index (χ4n) is 2.97. The fraction of sp³-hybridized carbons (Fsp3) is 0.542. The standard InChI is InChI=1S/C24H37N3O3/c1-4-7-9-11-17-27(18-12-10-8-5-2)23(26-24(29)30-19-6-3)25-22-15-13-21(20-28)14-16-22/h6,13-16,20H,3-5,7-12,17-19H2,1-2H3,(H,25,26,29). The number of guanidine groups is 1. The minimum Gasteiger partial charge on any atom is -0.445 e. The lowest BCUT2D eigenvalue weighted by Crippen LogP contribution is -2.45. The highest BCUT2D eigenvalue weighted by Crippen LogP contribution is 2.14. The topological polar surface area (TPSA) is 71.0 Å². The van der Waals surface area contributed by atoms with Gasteiger partial charge in [0.1, 0.15) is 12.9 Å². The average molecular weight is 416 g/mol. The Morgan fingerprint density at radius 2 is 1.63 bits per heavy atom. The normalized spacial score (nSPS) is 11.1. The SMILES string of the molecule is C=CCOC(=O)NC(=Nc1ccc(C=O)cc1)N(CCCCCC)CCCCCC. The molecule has 1 amide bonds. The first-order valence-electron chi connectivity index (χ1n) is 11.1. The molecule has 0 heterocycles. The maximum atomic E-state index is 12.2. The molecule has 0 fully saturated rings. The van der Waals surface area contributed by atoms with E-state index in [2.05, 4.69) is 35.6 Å². The Morgan fingerprint density at radius 3 is 2.13 bits per heavy atom. The van der Waals surface area contributed by atoms with Gasteiger partial charge in [-0.3, -0.25) is 10.1 Å². The number of benzene rings is 1. The number of hydrogen-bond donors (Lipinski definition) is 1. The predicted octanol–water partition coefficient (Wildman–Crippen LogP) is 5.86. The van der Waals surface area contributed by atoms with Crippen LogP contribution in [0, 0.1) is 0 Å². The first kappa shape index (κ1) is 25.4. The van der Waals surface area contributed by atoms with E-state index in [1.165, 1.54) is 31.8 Å². The van der Waals surface area contributed by atoms with Crippen molar-refractivity contribution in [2.24, 2.45) is 4.99 Å². The highest BCUT2D eigenvalue weighted by atomic mass is 16.5. The van der Waals surface area contributed by atoms with E-state index in [0.717, 1.165) is 45.1 Å². The molecule has 1 aromatic carbocycles. The number of aliphatic imine (C=N–C) groups is 1. The zero-order valence-electron chi connectivity index (χ0n) is 18.6. The van der Waals surface area contributed by atoms with E-state index in [9.17, 15) is 9.59 Å². The molecule has 1 rings (SSSR count). The minimum absolute atomic E-state index is 0.139. The van der Waals surface area contributed by atoms with Gasteiger partial charge in [-0.1, -0.05) is 65.0 Å². The molecular formula is C24H37N3O3. The third-order valence-electron chi connectivity index (χ3n) is 4.67. The highest BCUT2D eigenvalue weighted by Gasteiger charge is 2.15. The molecule has 30 heavy (non-hydrogen) atoms. The summed E-state index contributed by atoms with van der Waals surface area (Å²) in [5.74, 6) is 0.482. The van der Waals surface area contributed by atoms with Crippen LogP contribution in [-0.4, -0.2) is 42.9 Å². The molecule has 0 unspecified atom stereocenters. The zero-order chi connectivity index (χ0) is 22.0. The van der Waals surface area contributed by atoms with E-state index in [1.54, 1.807) is 24.3 Å². The largest absolute Gasteiger partial charge is 0.445 e. The second kappa shape index (κ2) is 16.2. The van der Waals surface area contributed by atoms with Crippen LogP contribution in [0.2, 0.25) is 0 Å². The summed E-state index contributed by atoms with van der Waals surface area (Å²) < 4.78 is 5.11. The Labute approximate surface area is 181 Å². The van der Waals surface area contributed by atoms with Crippen molar-refractivity contribution in [3.8, 4) is 0 Å². The molecular weight excluding hydrogens is 378 g/mol. The molecule has 0 saturated heterocycles. The van der Waals surface area contributed by atoms with E-state index < -0.39 is 6.09 Å². The number of amides is 1. The van der Waals surface area contributed by atoms with Gasteiger partial charge >= 0.3 is 6.09 Å². The molecule has 6 nitrogen and oxygen atoms in total. The van der Waals surface area contributed by atoms with Gasteiger partial charge < -0.3 is 9.64 Å². The highest BCUT2D eigenvalue weighted by molar-refractivity contribution is 5.95. The quantitative estimate of drug-likeness (QED) is 0.136. The second-order valence-corrected chi connectivity index (χ2v) is 7.27. The van der Waals surface area contributed by atoms with E-state index in [1.807, 2.05) is 0 Å². The first-order valence-corrected chi connectivity index (χ1v) is 11.1. The lowest BCUT2D eigenvalue weighted by molar-refractivity contribution is 0.112. The molecule has 0 aliphatic heterocycles. The number of hydrogen-bond acceptors (Lipinski definition) is 4. The maximum Gasteiger partial charge on any atom is 0.414 e. The van der Waals surface area contributed by atoms with Crippen LogP contribution >= 0.6 is 0 Å². The molecule has 6 heteroatoms. The number of alkyl carbamates (subject to hydrolysis) is 1. The summed E-state index contributed by atoms with van der Waals surface area (Å²) in [6.45, 7) is 9.73. The van der Waals surface area contributed by atoms with Crippen molar-refractivity contribution in [1.29, 1.82) is 0 Å². The van der Waals surface area contributed by atoms with Gasteiger partial charge in [0.15, 0.2) is 0 Å². The van der Waals surface area contributed by atoms with Gasteiger partial charge in [-0.15, -0.1) is 0 Å². The lowest BCUT2D eigenvalue weighted by atomic mass is 10.1. The number of carbonyl (C=O) groups excluding carboxylic acids is 2. The summed E-state index contributed by atoms with van der Waals surface area (Å²) in [7, 11) is 0. The Balaban J connectivity index is 3.02. The van der Waals surface area contributed by atoms with E-state index >= 15 is 0 Å². The smallest absolute Gasteiger partial charge is 0.414 e. The van der Waals surface area contributed by atoms with E-state index in [4.69, 9.17) is 4.74 Å². The Hall–Kier alpha value is -2.63. The maximum absolute atomic E-state index is 12.2. The summed E-state index contributed by atoms with van der Waals surface area (Å²) in [5.41, 5.74) is 1.26. The number of nitrogens with zero attached hydrogens (tertiary/aromatic N) is 2. The molecule has 0 atom stereocenters. The van der Waals surface area contributed by atoms with Gasteiger partial charge in [0.2, 0.25) is 5.96 Å². The van der Waals surface area contributed by atoms with Crippen LogP contribution in [0.3, 0.4) is 0 Å². The molecule has 166 valence electrons. The van der Waals surface area contributed by atoms with Gasteiger partial charge in [0.25, 0.3) is 0 Å². The van der Waals surface area contributed by atoms with Crippen molar-refractivity contribution in [3.63, 3.8) is 0 Å². The summed E-state index contributed by atoms with van der Waals surface area (Å²) in [6.07, 6.45) is 10.9. The fourth-order valence-corrected chi connectivity index (χ4v) is 2.97. The Morgan fingerprint density at radius 1 is 1.03 bits per heavy atom. The Kier molecular flexibility index (Phi) is 13.7. The number of aldehydes is 1. The summed E-state index contributed by atoms with van der Waals surface area (Å²) in [6, 6.07) is 6.97. The van der Waals surface area contributed by atoms with Crippen LogP contribution in [0.5, 0.6) is 0 Å². The molecule has 0 saturated carbocycles. The summed E-state index contributed by atoms with van der Waals surface area (Å²) in [5, 5.41) is 2.81. The van der Waals surface area contributed by atoms with Crippen LogP contribution in [0.25, 0.3) is 0 Å². The second-order valence-electron chi connectivity index (χ2n) is 7.27. The lowest BCUT2D eigenvalue weighted by Gasteiger charge is -2.26. The molecule has 0 radical (unpaired) electrons. The minimum atomic E-state index is -0.551. The summed E-state index contributed by atoms with van der Waals surface area (Å²) in [4.78, 5) is 29.9. The van der Waals surface area contributed by atoms with E-state index in [0.29, 0.717) is 17.2 Å².